The third-order valence-corrected chi connectivity index (χ3v) is 10.2. The van der Waals surface area contributed by atoms with E-state index >= 15 is 0 Å². The van der Waals surface area contributed by atoms with Crippen LogP contribution in [0.25, 0.3) is 16.7 Å². The van der Waals surface area contributed by atoms with E-state index in [9.17, 15) is 4.79 Å². The number of halogens is 2. The molecule has 2 aliphatic rings. The highest BCUT2D eigenvalue weighted by Crippen LogP contribution is 2.45. The van der Waals surface area contributed by atoms with Gasteiger partial charge in [-0.1, -0.05) is 49.0 Å². The molecule has 5 rings (SSSR count). The SMILES string of the molecule is Cc1cc(OCCCC2=C(C(=O)NCC3CCC(C)CC3)Cc3c2ccc(Cl)c3-c2c(C)nn(C)c2C)cc(C)c1Cl. The monoisotopic (exact) mass is 607 g/mol. The van der Waals surface area contributed by atoms with Crippen molar-refractivity contribution in [3.8, 4) is 16.9 Å². The topological polar surface area (TPSA) is 56.1 Å². The van der Waals surface area contributed by atoms with Crippen molar-refractivity contribution in [1.82, 2.24) is 15.1 Å². The second kappa shape index (κ2) is 12.9. The van der Waals surface area contributed by atoms with Crippen LogP contribution in [-0.4, -0.2) is 28.8 Å². The summed E-state index contributed by atoms with van der Waals surface area (Å²) in [5.41, 5.74) is 10.3. The Labute approximate surface area is 260 Å². The van der Waals surface area contributed by atoms with Crippen LogP contribution in [0, 0.1) is 39.5 Å². The summed E-state index contributed by atoms with van der Waals surface area (Å²) in [6.07, 6.45) is 6.97. The van der Waals surface area contributed by atoms with E-state index in [1.807, 2.05) is 50.7 Å². The number of allylic oxidation sites excluding steroid dienone is 1. The van der Waals surface area contributed by atoms with E-state index in [2.05, 4.69) is 30.3 Å². The number of rotatable bonds is 9. The first-order chi connectivity index (χ1) is 20.0. The molecule has 3 aromatic rings. The van der Waals surface area contributed by atoms with Gasteiger partial charge in [-0.05, 0) is 111 Å². The first-order valence-corrected chi connectivity index (χ1v) is 16.0. The van der Waals surface area contributed by atoms with E-state index in [1.165, 1.54) is 25.7 Å². The molecule has 1 aromatic heterocycles. The number of carbonyl (C=O) groups excluding carboxylic acids is 1. The lowest BCUT2D eigenvalue weighted by molar-refractivity contribution is -0.117. The number of nitrogens with zero attached hydrogens (tertiary/aromatic N) is 2. The Morgan fingerprint density at radius 2 is 1.74 bits per heavy atom. The molecular weight excluding hydrogens is 565 g/mol. The lowest BCUT2D eigenvalue weighted by Gasteiger charge is -2.26. The molecule has 1 fully saturated rings. The number of aromatic nitrogens is 2. The molecule has 0 spiro atoms. The molecule has 7 heteroatoms. The Hall–Kier alpha value is -2.76. The minimum absolute atomic E-state index is 0.0476. The van der Waals surface area contributed by atoms with Crippen molar-refractivity contribution < 1.29 is 9.53 Å². The number of fused-ring (bicyclic) bond motifs is 1. The predicted molar refractivity (Wildman–Crippen MR) is 174 cm³/mol. The second-order valence-electron chi connectivity index (χ2n) is 12.4. The van der Waals surface area contributed by atoms with Crippen molar-refractivity contribution in [2.45, 2.75) is 79.6 Å². The van der Waals surface area contributed by atoms with E-state index in [1.54, 1.807) is 0 Å². The molecule has 0 unspecified atom stereocenters. The van der Waals surface area contributed by atoms with Gasteiger partial charge in [0.2, 0.25) is 5.91 Å². The highest BCUT2D eigenvalue weighted by Gasteiger charge is 2.31. The van der Waals surface area contributed by atoms with E-state index < -0.39 is 0 Å². The van der Waals surface area contributed by atoms with Gasteiger partial charge < -0.3 is 10.1 Å². The van der Waals surface area contributed by atoms with Crippen LogP contribution in [0.3, 0.4) is 0 Å². The fraction of sp³-hybridized carbons (Fsp3) is 0.486. The summed E-state index contributed by atoms with van der Waals surface area (Å²) >= 11 is 13.2. The van der Waals surface area contributed by atoms with E-state index in [-0.39, 0.29) is 5.91 Å². The highest BCUT2D eigenvalue weighted by molar-refractivity contribution is 6.34. The van der Waals surface area contributed by atoms with Crippen LogP contribution in [0.5, 0.6) is 5.75 Å². The van der Waals surface area contributed by atoms with Gasteiger partial charge in [-0.2, -0.15) is 5.10 Å². The maximum atomic E-state index is 13.8. The van der Waals surface area contributed by atoms with Crippen LogP contribution in [-0.2, 0) is 18.3 Å². The largest absolute Gasteiger partial charge is 0.494 e. The number of ether oxygens (including phenoxy) is 1. The number of hydrogen-bond acceptors (Lipinski definition) is 3. The number of nitrogens with one attached hydrogen (secondary N) is 1. The molecule has 1 saturated carbocycles. The molecule has 224 valence electrons. The zero-order valence-electron chi connectivity index (χ0n) is 25.8. The Morgan fingerprint density at radius 3 is 2.38 bits per heavy atom. The average molecular weight is 609 g/mol. The fourth-order valence-electron chi connectivity index (χ4n) is 6.75. The van der Waals surface area contributed by atoms with Gasteiger partial charge in [0.15, 0.2) is 0 Å². The molecule has 0 aliphatic heterocycles. The third-order valence-electron chi connectivity index (χ3n) is 9.27. The molecule has 1 N–H and O–H groups in total. The van der Waals surface area contributed by atoms with Gasteiger partial charge in [-0.3, -0.25) is 9.48 Å². The average Bonchev–Trinajstić information content (AvgIpc) is 3.44. The fourth-order valence-corrected chi connectivity index (χ4v) is 7.13. The first kappa shape index (κ1) is 30.7. The van der Waals surface area contributed by atoms with Gasteiger partial charge in [-0.25, -0.2) is 0 Å². The van der Waals surface area contributed by atoms with Crippen LogP contribution >= 0.6 is 23.2 Å². The lowest BCUT2D eigenvalue weighted by Crippen LogP contribution is -2.32. The molecular formula is C35H43Cl2N3O2. The number of benzene rings is 2. The van der Waals surface area contributed by atoms with Gasteiger partial charge >= 0.3 is 0 Å². The summed E-state index contributed by atoms with van der Waals surface area (Å²) < 4.78 is 8.04. The number of aryl methyl sites for hydroxylation is 4. The number of amides is 1. The van der Waals surface area contributed by atoms with Gasteiger partial charge in [0.1, 0.15) is 5.75 Å². The summed E-state index contributed by atoms with van der Waals surface area (Å²) in [4.78, 5) is 13.8. The van der Waals surface area contributed by atoms with E-state index in [0.29, 0.717) is 24.0 Å². The van der Waals surface area contributed by atoms with Crippen molar-refractivity contribution in [1.29, 1.82) is 0 Å². The molecule has 2 aliphatic carbocycles. The van der Waals surface area contributed by atoms with Gasteiger partial charge in [0.25, 0.3) is 0 Å². The van der Waals surface area contributed by atoms with Gasteiger partial charge in [0, 0.05) is 52.5 Å². The number of carbonyl (C=O) groups is 1. The minimum Gasteiger partial charge on any atom is -0.494 e. The molecule has 2 aromatic carbocycles. The second-order valence-corrected chi connectivity index (χ2v) is 13.2. The Morgan fingerprint density at radius 1 is 1.05 bits per heavy atom. The molecule has 0 bridgehead atoms. The molecule has 42 heavy (non-hydrogen) atoms. The zero-order valence-corrected chi connectivity index (χ0v) is 27.3. The molecule has 1 heterocycles. The smallest absolute Gasteiger partial charge is 0.247 e. The molecule has 0 saturated heterocycles. The molecule has 0 atom stereocenters. The van der Waals surface area contributed by atoms with Crippen LogP contribution < -0.4 is 10.1 Å². The van der Waals surface area contributed by atoms with Crippen LogP contribution in [0.1, 0.15) is 79.1 Å². The van der Waals surface area contributed by atoms with Crippen molar-refractivity contribution in [2.24, 2.45) is 18.9 Å². The third kappa shape index (κ3) is 6.28. The van der Waals surface area contributed by atoms with Crippen LogP contribution in [0.4, 0.5) is 0 Å². The maximum absolute atomic E-state index is 13.8. The standard InChI is InChI=1S/C35H43Cl2N3O2/c1-20-9-11-25(12-10-20)19-38-35(41)30-18-29-28(13-14-31(36)33(29)32-23(4)39-40(6)24(32)5)27(30)8-7-15-42-26-16-21(2)34(37)22(3)17-26/h13-14,16-17,20,25H,7-12,15,18-19H2,1-6H3,(H,38,41). The van der Waals surface area contributed by atoms with Gasteiger partial charge in [0.05, 0.1) is 12.3 Å². The van der Waals surface area contributed by atoms with Crippen molar-refractivity contribution in [2.75, 3.05) is 13.2 Å². The van der Waals surface area contributed by atoms with Crippen LogP contribution in [0.2, 0.25) is 10.0 Å². The Balaban J connectivity index is 1.40. The summed E-state index contributed by atoms with van der Waals surface area (Å²) in [6, 6.07) is 8.03. The van der Waals surface area contributed by atoms with Crippen molar-refractivity contribution in [3.63, 3.8) is 0 Å². The first-order valence-electron chi connectivity index (χ1n) is 15.3. The maximum Gasteiger partial charge on any atom is 0.247 e. The normalized spacial score (nSPS) is 18.4. The summed E-state index contributed by atoms with van der Waals surface area (Å²) in [5, 5.41) is 9.46. The number of hydrogen-bond donors (Lipinski definition) is 1. The van der Waals surface area contributed by atoms with Crippen molar-refractivity contribution in [3.05, 3.63) is 73.5 Å². The quantitative estimate of drug-likeness (QED) is 0.247. The lowest BCUT2D eigenvalue weighted by atomic mass is 9.83. The Kier molecular flexibility index (Phi) is 9.39. The van der Waals surface area contributed by atoms with E-state index in [0.717, 1.165) is 92.0 Å². The predicted octanol–water partition coefficient (Wildman–Crippen LogP) is 8.74. The summed E-state index contributed by atoms with van der Waals surface area (Å²) in [5.74, 6) is 2.22. The van der Waals surface area contributed by atoms with Crippen molar-refractivity contribution >= 4 is 34.7 Å². The van der Waals surface area contributed by atoms with E-state index in [4.69, 9.17) is 27.9 Å². The molecule has 0 radical (unpaired) electrons. The summed E-state index contributed by atoms with van der Waals surface area (Å²) in [6.45, 7) is 11.7. The minimum atomic E-state index is 0.0476. The molecule has 1 amide bonds. The summed E-state index contributed by atoms with van der Waals surface area (Å²) in [7, 11) is 1.96. The highest BCUT2D eigenvalue weighted by atomic mass is 35.5. The zero-order chi connectivity index (χ0) is 30.1. The van der Waals surface area contributed by atoms with Crippen LogP contribution in [0.15, 0.2) is 29.8 Å². The molecule has 5 nitrogen and oxygen atoms in total. The Bertz CT molecular complexity index is 1510. The van der Waals surface area contributed by atoms with Gasteiger partial charge in [-0.15, -0.1) is 0 Å².